The molecule has 3 fully saturated rings. The summed E-state index contributed by atoms with van der Waals surface area (Å²) >= 11 is 0. The average Bonchev–Trinajstić information content (AvgIpc) is 2.96. The van der Waals surface area contributed by atoms with Crippen molar-refractivity contribution in [1.82, 2.24) is 9.62 Å². The molecule has 1 saturated carbocycles. The van der Waals surface area contributed by atoms with Gasteiger partial charge in [-0.15, -0.1) is 12.4 Å². The minimum Gasteiger partial charge on any atom is -0.486 e. The van der Waals surface area contributed by atoms with Crippen molar-refractivity contribution in [2.24, 2.45) is 11.8 Å². The molecule has 0 radical (unpaired) electrons. The van der Waals surface area contributed by atoms with Gasteiger partial charge in [0.05, 0.1) is 5.69 Å². The zero-order valence-corrected chi connectivity index (χ0v) is 15.7. The molecule has 25 heavy (non-hydrogen) atoms. The van der Waals surface area contributed by atoms with Gasteiger partial charge in [-0.2, -0.15) is 12.7 Å². The zero-order valence-electron chi connectivity index (χ0n) is 14.1. The van der Waals surface area contributed by atoms with Crippen LogP contribution >= 0.6 is 12.4 Å². The first kappa shape index (κ1) is 18.7. The van der Waals surface area contributed by atoms with Crippen molar-refractivity contribution >= 4 is 28.3 Å². The minimum atomic E-state index is -3.48. The molecule has 0 spiro atoms. The van der Waals surface area contributed by atoms with E-state index in [0.29, 0.717) is 42.9 Å². The normalized spacial score (nSPS) is 31.2. The molecular formula is C16H24ClN3O4S. The van der Waals surface area contributed by atoms with Crippen molar-refractivity contribution in [3.63, 3.8) is 0 Å². The van der Waals surface area contributed by atoms with Gasteiger partial charge in [-0.05, 0) is 30.4 Å². The summed E-state index contributed by atoms with van der Waals surface area (Å²) in [5, 5.41) is 3.22. The second-order valence-electron chi connectivity index (χ2n) is 6.80. The van der Waals surface area contributed by atoms with Gasteiger partial charge < -0.3 is 14.8 Å². The molecule has 1 aliphatic carbocycles. The van der Waals surface area contributed by atoms with Crippen LogP contribution < -0.4 is 14.8 Å². The van der Waals surface area contributed by atoms with Crippen molar-refractivity contribution in [3.8, 4) is 5.75 Å². The highest BCUT2D eigenvalue weighted by atomic mass is 35.5. The van der Waals surface area contributed by atoms with Gasteiger partial charge in [0.15, 0.2) is 0 Å². The second-order valence-corrected chi connectivity index (χ2v) is 8.47. The maximum Gasteiger partial charge on any atom is 0.301 e. The van der Waals surface area contributed by atoms with Crippen LogP contribution in [0.15, 0.2) is 24.3 Å². The molecule has 2 saturated heterocycles. The molecule has 1 aromatic carbocycles. The average molecular weight is 390 g/mol. The van der Waals surface area contributed by atoms with E-state index in [0.717, 1.165) is 6.54 Å². The predicted molar refractivity (Wildman–Crippen MR) is 97.5 cm³/mol. The molecule has 7 nitrogen and oxygen atoms in total. The van der Waals surface area contributed by atoms with Crippen LogP contribution in [-0.2, 0) is 14.9 Å². The molecule has 3 aliphatic rings. The third kappa shape index (κ3) is 4.03. The molecular weight excluding hydrogens is 366 g/mol. The van der Waals surface area contributed by atoms with Crippen molar-refractivity contribution in [3.05, 3.63) is 24.3 Å². The Morgan fingerprint density at radius 3 is 2.64 bits per heavy atom. The van der Waals surface area contributed by atoms with Gasteiger partial charge in [0.1, 0.15) is 18.0 Å². The van der Waals surface area contributed by atoms with Crippen LogP contribution in [0, 0.1) is 11.8 Å². The van der Waals surface area contributed by atoms with E-state index in [4.69, 9.17) is 9.47 Å². The second kappa shape index (κ2) is 7.28. The summed E-state index contributed by atoms with van der Waals surface area (Å²) in [6.45, 7) is 2.74. The summed E-state index contributed by atoms with van der Waals surface area (Å²) in [6.07, 6.45) is 1.10. The molecule has 2 heterocycles. The molecule has 0 bridgehead atoms. The number of nitrogens with one attached hydrogen (secondary N) is 2. The Labute approximate surface area is 154 Å². The number of methoxy groups -OCH3 is 1. The molecule has 140 valence electrons. The third-order valence-electron chi connectivity index (χ3n) is 5.06. The van der Waals surface area contributed by atoms with Crippen LogP contribution in [0.4, 0.5) is 5.69 Å². The van der Waals surface area contributed by atoms with E-state index < -0.39 is 10.2 Å². The summed E-state index contributed by atoms with van der Waals surface area (Å²) in [5.41, 5.74) is 0.521. The lowest BCUT2D eigenvalue weighted by atomic mass is 10.2. The number of fused-ring (bicyclic) bond motifs is 1. The Morgan fingerprint density at radius 2 is 1.92 bits per heavy atom. The number of hydrogen-bond donors (Lipinski definition) is 2. The quantitative estimate of drug-likeness (QED) is 0.761. The molecule has 0 amide bonds. The summed E-state index contributed by atoms with van der Waals surface area (Å²) in [4.78, 5) is 0. The standard InChI is InChI=1S/C16H23N3O4S.ClH/c1-22-15-7-17-8-16(15)23-14-4-2-3-13(6-14)18-24(20,21)19-9-11-5-12(11)10-19;/h2-4,6,11-12,15-18H,5,7-10H2,1H3;1H/t11?,12?,15-,16-;/m1./s1. The van der Waals surface area contributed by atoms with Crippen molar-refractivity contribution < 1.29 is 17.9 Å². The summed E-state index contributed by atoms with van der Waals surface area (Å²) in [5.74, 6) is 1.77. The minimum absolute atomic E-state index is 0. The summed E-state index contributed by atoms with van der Waals surface area (Å²) in [6, 6.07) is 7.08. The van der Waals surface area contributed by atoms with E-state index in [1.807, 2.05) is 6.07 Å². The van der Waals surface area contributed by atoms with Gasteiger partial charge >= 0.3 is 10.2 Å². The number of ether oxygens (including phenoxy) is 2. The largest absolute Gasteiger partial charge is 0.486 e. The van der Waals surface area contributed by atoms with Gasteiger partial charge in [0, 0.05) is 39.4 Å². The summed E-state index contributed by atoms with van der Waals surface area (Å²) < 4.78 is 40.5. The highest BCUT2D eigenvalue weighted by Crippen LogP contribution is 2.45. The Bertz CT molecular complexity index is 707. The third-order valence-corrected chi connectivity index (χ3v) is 6.53. The first-order chi connectivity index (χ1) is 11.5. The molecule has 1 aromatic rings. The molecule has 4 rings (SSSR count). The predicted octanol–water partition coefficient (Wildman–Crippen LogP) is 1.08. The number of halogens is 1. The molecule has 9 heteroatoms. The van der Waals surface area contributed by atoms with Gasteiger partial charge in [-0.3, -0.25) is 4.72 Å². The lowest BCUT2D eigenvalue weighted by molar-refractivity contribution is 0.0346. The van der Waals surface area contributed by atoms with Crippen LogP contribution in [0.3, 0.4) is 0 Å². The van der Waals surface area contributed by atoms with E-state index >= 15 is 0 Å². The van der Waals surface area contributed by atoms with E-state index in [2.05, 4.69) is 10.0 Å². The topological polar surface area (TPSA) is 79.9 Å². The van der Waals surface area contributed by atoms with Crippen LogP contribution in [-0.4, -0.2) is 58.2 Å². The van der Waals surface area contributed by atoms with Gasteiger partial charge in [-0.1, -0.05) is 6.07 Å². The number of nitrogens with zero attached hydrogens (tertiary/aromatic N) is 1. The SMILES string of the molecule is CO[C@@H]1CNC[C@H]1Oc1cccc(NS(=O)(=O)N2CC3CC3C2)c1.Cl. The van der Waals surface area contributed by atoms with Crippen molar-refractivity contribution in [2.75, 3.05) is 38.0 Å². The van der Waals surface area contributed by atoms with Crippen LogP contribution in [0.25, 0.3) is 0 Å². The van der Waals surface area contributed by atoms with Crippen LogP contribution in [0.5, 0.6) is 5.75 Å². The zero-order chi connectivity index (χ0) is 16.7. The fourth-order valence-corrected chi connectivity index (χ4v) is 4.89. The maximum absolute atomic E-state index is 12.5. The molecule has 2 aliphatic heterocycles. The number of rotatable bonds is 6. The van der Waals surface area contributed by atoms with Gasteiger partial charge in [0.2, 0.25) is 0 Å². The Balaban J connectivity index is 0.00000182. The van der Waals surface area contributed by atoms with Crippen LogP contribution in [0.2, 0.25) is 0 Å². The Kier molecular flexibility index (Phi) is 5.45. The lowest BCUT2D eigenvalue weighted by Gasteiger charge is -2.21. The monoisotopic (exact) mass is 389 g/mol. The Morgan fingerprint density at radius 1 is 1.20 bits per heavy atom. The van der Waals surface area contributed by atoms with Gasteiger partial charge in [-0.25, -0.2) is 0 Å². The highest BCUT2D eigenvalue weighted by molar-refractivity contribution is 7.90. The number of hydrogen-bond acceptors (Lipinski definition) is 5. The number of benzene rings is 1. The highest BCUT2D eigenvalue weighted by Gasteiger charge is 2.48. The molecule has 4 atom stereocenters. The number of anilines is 1. The van der Waals surface area contributed by atoms with E-state index in [1.165, 1.54) is 6.42 Å². The molecule has 2 N–H and O–H groups in total. The van der Waals surface area contributed by atoms with E-state index in [9.17, 15) is 8.42 Å². The molecule has 0 aromatic heterocycles. The fraction of sp³-hybridized carbons (Fsp3) is 0.625. The maximum atomic E-state index is 12.5. The first-order valence-electron chi connectivity index (χ1n) is 8.33. The van der Waals surface area contributed by atoms with Crippen molar-refractivity contribution in [1.29, 1.82) is 0 Å². The number of piperidine rings is 1. The first-order valence-corrected chi connectivity index (χ1v) is 9.77. The van der Waals surface area contributed by atoms with Crippen LogP contribution in [0.1, 0.15) is 6.42 Å². The van der Waals surface area contributed by atoms with E-state index in [1.54, 1.807) is 29.6 Å². The smallest absolute Gasteiger partial charge is 0.301 e. The Hall–Kier alpha value is -1.06. The molecule has 2 unspecified atom stereocenters. The summed E-state index contributed by atoms with van der Waals surface area (Å²) in [7, 11) is -1.82. The van der Waals surface area contributed by atoms with E-state index in [-0.39, 0.29) is 24.6 Å². The van der Waals surface area contributed by atoms with Crippen molar-refractivity contribution in [2.45, 2.75) is 18.6 Å². The van der Waals surface area contributed by atoms with Gasteiger partial charge in [0.25, 0.3) is 0 Å². The lowest BCUT2D eigenvalue weighted by Crippen LogP contribution is -2.35. The fourth-order valence-electron chi connectivity index (χ4n) is 3.56.